The van der Waals surface area contributed by atoms with E-state index in [1.165, 1.54) is 45.9 Å². The van der Waals surface area contributed by atoms with Crippen LogP contribution < -0.4 is 10.6 Å². The van der Waals surface area contributed by atoms with Gasteiger partial charge in [0.15, 0.2) is 0 Å². The summed E-state index contributed by atoms with van der Waals surface area (Å²) in [7, 11) is 0. The number of benzene rings is 1. The van der Waals surface area contributed by atoms with Gasteiger partial charge in [0.2, 0.25) is 0 Å². The number of hydrogen-bond acceptors (Lipinski definition) is 5. The number of fused-ring (bicyclic) bond motifs is 2. The lowest BCUT2D eigenvalue weighted by atomic mass is 9.98. The molecule has 3 aromatic heterocycles. The van der Waals surface area contributed by atoms with Crippen molar-refractivity contribution in [2.75, 3.05) is 24.6 Å². The number of unbranched alkanes of at least 4 members (excludes halogenated alkanes) is 1. The van der Waals surface area contributed by atoms with Crippen molar-refractivity contribution in [2.45, 2.75) is 57.2 Å². The first-order chi connectivity index (χ1) is 16.2. The third-order valence-corrected chi connectivity index (χ3v) is 7.25. The molecule has 2 aliphatic rings. The molecule has 0 amide bonds. The second-order valence-electron chi connectivity index (χ2n) is 9.63. The molecule has 1 aliphatic carbocycles. The first kappa shape index (κ1) is 20.7. The van der Waals surface area contributed by atoms with Crippen molar-refractivity contribution < 1.29 is 5.11 Å². The zero-order valence-corrected chi connectivity index (χ0v) is 19.0. The smallest absolute Gasteiger partial charge is 0.101 e. The van der Waals surface area contributed by atoms with E-state index in [9.17, 15) is 5.11 Å². The van der Waals surface area contributed by atoms with E-state index in [1.807, 2.05) is 18.6 Å². The van der Waals surface area contributed by atoms with Crippen molar-refractivity contribution in [2.24, 2.45) is 5.73 Å². The molecule has 4 heterocycles. The van der Waals surface area contributed by atoms with Gasteiger partial charge < -0.3 is 15.7 Å². The molecule has 0 bridgehead atoms. The quantitative estimate of drug-likeness (QED) is 0.406. The standard InChI is InChI=1S/C26H32N6O/c27-19-9-11-30(16-19)21-6-7-22-18(13-21)14-29-24(23(22)3-1-2-12-33)17-31-26-15-28-10-8-25(26)32(31)20-4-5-20/h6-8,10,13-15,19-20,33H,1-5,9,11-12,16-17,27H2/t19-/m0/s1. The van der Waals surface area contributed by atoms with Crippen LogP contribution in [-0.2, 0) is 13.0 Å². The Morgan fingerprint density at radius 1 is 1.06 bits per heavy atom. The first-order valence-electron chi connectivity index (χ1n) is 12.3. The van der Waals surface area contributed by atoms with Crippen LogP contribution in [0, 0.1) is 0 Å². The number of aliphatic hydroxyl groups excluding tert-OH is 1. The van der Waals surface area contributed by atoms with Crippen molar-refractivity contribution >= 4 is 27.5 Å². The van der Waals surface area contributed by atoms with Gasteiger partial charge >= 0.3 is 0 Å². The summed E-state index contributed by atoms with van der Waals surface area (Å²) in [5.74, 6) is 0. The summed E-state index contributed by atoms with van der Waals surface area (Å²) in [6.07, 6.45) is 12.1. The Kier molecular flexibility index (Phi) is 5.31. The van der Waals surface area contributed by atoms with Crippen LogP contribution in [0.5, 0.6) is 0 Å². The number of nitrogens with zero attached hydrogens (tertiary/aromatic N) is 5. The Labute approximate surface area is 193 Å². The van der Waals surface area contributed by atoms with E-state index >= 15 is 0 Å². The summed E-state index contributed by atoms with van der Waals surface area (Å²) >= 11 is 0. The topological polar surface area (TPSA) is 85.1 Å². The number of hydrogen-bond donors (Lipinski definition) is 2. The lowest BCUT2D eigenvalue weighted by Crippen LogP contribution is -2.26. The highest BCUT2D eigenvalue weighted by atomic mass is 16.2. The Balaban J connectivity index is 1.38. The summed E-state index contributed by atoms with van der Waals surface area (Å²) in [5, 5.41) is 11.8. The average Bonchev–Trinajstić information content (AvgIpc) is 3.56. The fourth-order valence-corrected chi connectivity index (χ4v) is 5.35. The molecule has 1 atom stereocenters. The van der Waals surface area contributed by atoms with Crippen LogP contribution in [0.4, 0.5) is 5.69 Å². The van der Waals surface area contributed by atoms with Gasteiger partial charge in [-0.2, -0.15) is 0 Å². The van der Waals surface area contributed by atoms with Crippen LogP contribution in [0.15, 0.2) is 42.9 Å². The minimum atomic E-state index is 0.230. The maximum absolute atomic E-state index is 9.36. The fraction of sp³-hybridized carbons (Fsp3) is 0.462. The maximum Gasteiger partial charge on any atom is 0.101 e. The largest absolute Gasteiger partial charge is 0.396 e. The Morgan fingerprint density at radius 3 is 2.76 bits per heavy atom. The van der Waals surface area contributed by atoms with Crippen molar-refractivity contribution in [3.8, 4) is 0 Å². The Bertz CT molecular complexity index is 1290. The van der Waals surface area contributed by atoms with Gasteiger partial charge in [-0.15, -0.1) is 0 Å². The number of aryl methyl sites for hydroxylation is 1. The number of rotatable bonds is 8. The molecule has 7 nitrogen and oxygen atoms in total. The molecule has 6 rings (SSSR count). The van der Waals surface area contributed by atoms with Gasteiger partial charge in [-0.05, 0) is 67.7 Å². The van der Waals surface area contributed by atoms with Crippen LogP contribution in [0.25, 0.3) is 21.8 Å². The molecule has 1 aromatic carbocycles. The predicted octanol–water partition coefficient (Wildman–Crippen LogP) is 3.62. The fourth-order valence-electron chi connectivity index (χ4n) is 5.35. The van der Waals surface area contributed by atoms with Crippen molar-refractivity contribution in [3.05, 3.63) is 54.1 Å². The van der Waals surface area contributed by atoms with Crippen molar-refractivity contribution in [3.63, 3.8) is 0 Å². The van der Waals surface area contributed by atoms with E-state index in [1.54, 1.807) is 0 Å². The minimum Gasteiger partial charge on any atom is -0.396 e. The average molecular weight is 445 g/mol. The second kappa shape index (κ2) is 8.47. The molecule has 0 radical (unpaired) electrons. The molecule has 1 saturated carbocycles. The molecule has 0 spiro atoms. The van der Waals surface area contributed by atoms with Gasteiger partial charge in [-0.3, -0.25) is 19.3 Å². The first-order valence-corrected chi connectivity index (χ1v) is 12.3. The maximum atomic E-state index is 9.36. The van der Waals surface area contributed by atoms with E-state index in [0.29, 0.717) is 6.04 Å². The van der Waals surface area contributed by atoms with Gasteiger partial charge in [0.05, 0.1) is 30.0 Å². The molecule has 172 valence electrons. The summed E-state index contributed by atoms with van der Waals surface area (Å²) in [6, 6.07) is 9.74. The number of nitrogens with two attached hydrogens (primary N) is 1. The van der Waals surface area contributed by atoms with Crippen molar-refractivity contribution in [1.29, 1.82) is 0 Å². The highest BCUT2D eigenvalue weighted by Gasteiger charge is 2.30. The molecule has 0 unspecified atom stereocenters. The lowest BCUT2D eigenvalue weighted by Gasteiger charge is -2.27. The van der Waals surface area contributed by atoms with Crippen LogP contribution in [0.2, 0.25) is 0 Å². The third kappa shape index (κ3) is 3.79. The molecule has 33 heavy (non-hydrogen) atoms. The van der Waals surface area contributed by atoms with Crippen LogP contribution in [-0.4, -0.2) is 50.2 Å². The van der Waals surface area contributed by atoms with Crippen LogP contribution in [0.3, 0.4) is 0 Å². The third-order valence-electron chi connectivity index (χ3n) is 7.25. The van der Waals surface area contributed by atoms with Gasteiger partial charge in [-0.1, -0.05) is 6.07 Å². The molecule has 1 aliphatic heterocycles. The van der Waals surface area contributed by atoms with Gasteiger partial charge in [0.25, 0.3) is 0 Å². The number of pyridine rings is 2. The summed E-state index contributed by atoms with van der Waals surface area (Å²) in [4.78, 5) is 11.7. The molecule has 2 fully saturated rings. The summed E-state index contributed by atoms with van der Waals surface area (Å²) in [6.45, 7) is 2.91. The summed E-state index contributed by atoms with van der Waals surface area (Å²) in [5.41, 5.74) is 12.3. The van der Waals surface area contributed by atoms with E-state index < -0.39 is 0 Å². The number of aromatic nitrogens is 4. The lowest BCUT2D eigenvalue weighted by molar-refractivity contribution is 0.284. The minimum absolute atomic E-state index is 0.230. The predicted molar refractivity (Wildman–Crippen MR) is 132 cm³/mol. The molecule has 1 saturated heterocycles. The number of anilines is 1. The van der Waals surface area contributed by atoms with Crippen molar-refractivity contribution in [1.82, 2.24) is 19.3 Å². The molecular weight excluding hydrogens is 412 g/mol. The molecule has 3 N–H and O–H groups in total. The van der Waals surface area contributed by atoms with Gasteiger partial charge in [-0.25, -0.2) is 0 Å². The Morgan fingerprint density at radius 2 is 1.97 bits per heavy atom. The zero-order chi connectivity index (χ0) is 22.4. The molecule has 7 heteroatoms. The van der Waals surface area contributed by atoms with E-state index in [-0.39, 0.29) is 12.6 Å². The highest BCUT2D eigenvalue weighted by Crippen LogP contribution is 2.40. The van der Waals surface area contributed by atoms with Crippen LogP contribution >= 0.6 is 0 Å². The normalized spacial score (nSPS) is 18.7. The number of aliphatic hydroxyl groups is 1. The second-order valence-corrected chi connectivity index (χ2v) is 9.63. The SMILES string of the molecule is N[C@H]1CCN(c2ccc3c(CCCCO)c(Cn4c5cnccc5n4C4CC4)ncc3c2)C1. The van der Waals surface area contributed by atoms with Crippen LogP contribution in [0.1, 0.15) is 49.4 Å². The monoisotopic (exact) mass is 444 g/mol. The van der Waals surface area contributed by atoms with E-state index in [0.717, 1.165) is 51.0 Å². The van der Waals surface area contributed by atoms with Gasteiger partial charge in [0, 0.05) is 49.2 Å². The Hall–Kier alpha value is -2.90. The zero-order valence-electron chi connectivity index (χ0n) is 19.0. The molecule has 4 aromatic rings. The molecular formula is C26H32N6O. The highest BCUT2D eigenvalue weighted by molar-refractivity contribution is 5.89. The van der Waals surface area contributed by atoms with Gasteiger partial charge in [0.1, 0.15) is 5.52 Å². The summed E-state index contributed by atoms with van der Waals surface area (Å²) < 4.78 is 4.78. The van der Waals surface area contributed by atoms with E-state index in [2.05, 4.69) is 43.5 Å². The van der Waals surface area contributed by atoms with E-state index in [4.69, 9.17) is 10.7 Å².